The number of para-hydroxylation sites is 1. The van der Waals surface area contributed by atoms with E-state index in [-0.39, 0.29) is 26.1 Å². The van der Waals surface area contributed by atoms with Gasteiger partial charge in [0.2, 0.25) is 23.6 Å². The predicted octanol–water partition coefficient (Wildman–Crippen LogP) is 4.64. The average molecular weight is 655 g/mol. The molecule has 0 radical (unpaired) electrons. The third-order valence-corrected chi connectivity index (χ3v) is 10.3. The first-order valence-corrected chi connectivity index (χ1v) is 15.8. The summed E-state index contributed by atoms with van der Waals surface area (Å²) in [5.41, 5.74) is 0.761. The highest BCUT2D eigenvalue weighted by molar-refractivity contribution is 6.32. The Morgan fingerprint density at radius 3 is 2.40 bits per heavy atom. The summed E-state index contributed by atoms with van der Waals surface area (Å²) in [5, 5.41) is 9.99. The molecule has 2 heterocycles. The van der Waals surface area contributed by atoms with E-state index >= 15 is 4.79 Å². The zero-order valence-corrected chi connectivity index (χ0v) is 26.1. The maximum atomic E-state index is 15.3. The van der Waals surface area contributed by atoms with E-state index in [0.717, 1.165) is 7.11 Å². The number of rotatable bonds is 6. The highest BCUT2D eigenvalue weighted by Gasteiger charge is 2.70. The van der Waals surface area contributed by atoms with E-state index in [1.807, 2.05) is 48.5 Å². The Labute approximate surface area is 275 Å². The molecular formula is C36H31ClN2O8. The van der Waals surface area contributed by atoms with Crippen LogP contribution in [-0.4, -0.2) is 60.1 Å². The first kappa shape index (κ1) is 30.8. The maximum absolute atomic E-state index is 15.3. The monoisotopic (exact) mass is 654 g/mol. The van der Waals surface area contributed by atoms with Crippen molar-refractivity contribution in [2.75, 3.05) is 25.2 Å². The Morgan fingerprint density at radius 2 is 1.68 bits per heavy atom. The van der Waals surface area contributed by atoms with Gasteiger partial charge < -0.3 is 14.6 Å². The van der Waals surface area contributed by atoms with Crippen LogP contribution < -0.4 is 9.64 Å². The van der Waals surface area contributed by atoms with Crippen molar-refractivity contribution in [1.82, 2.24) is 4.90 Å². The van der Waals surface area contributed by atoms with Crippen molar-refractivity contribution >= 4 is 47.0 Å². The molecule has 0 bridgehead atoms. The topological polar surface area (TPSA) is 131 Å². The SMILES string of the molecule is COC(=O)N1C(=O)C2CC=C3C(CC4C(=O)N(c5cccc(Cl)c5)C(=O)C4(c4ccccc4)C3c3ccccc3OCCO)C2C1=O. The number of amides is 5. The van der Waals surface area contributed by atoms with Crippen LogP contribution in [0.4, 0.5) is 10.5 Å². The van der Waals surface area contributed by atoms with E-state index in [2.05, 4.69) is 0 Å². The second kappa shape index (κ2) is 11.8. The smallest absolute Gasteiger partial charge is 0.423 e. The molecule has 0 spiro atoms. The number of aliphatic hydroxyl groups is 1. The van der Waals surface area contributed by atoms with Crippen molar-refractivity contribution in [3.05, 3.63) is 107 Å². The van der Waals surface area contributed by atoms with Crippen LogP contribution in [0, 0.1) is 23.7 Å². The molecule has 47 heavy (non-hydrogen) atoms. The third-order valence-electron chi connectivity index (χ3n) is 10.1. The van der Waals surface area contributed by atoms with E-state index in [9.17, 15) is 24.3 Å². The van der Waals surface area contributed by atoms with Crippen molar-refractivity contribution < 1.29 is 38.6 Å². The van der Waals surface area contributed by atoms with E-state index in [4.69, 9.17) is 21.1 Å². The fourth-order valence-corrected chi connectivity index (χ4v) is 8.55. The summed E-state index contributed by atoms with van der Waals surface area (Å²) in [5.74, 6) is -6.02. The van der Waals surface area contributed by atoms with Gasteiger partial charge in [-0.05, 0) is 48.6 Å². The Kier molecular flexibility index (Phi) is 7.72. The Hall–Kier alpha value is -4.80. The molecule has 2 saturated heterocycles. The number of methoxy groups -OCH3 is 1. The molecule has 2 aliphatic carbocycles. The Morgan fingerprint density at radius 1 is 0.936 bits per heavy atom. The summed E-state index contributed by atoms with van der Waals surface area (Å²) in [6.45, 7) is -0.262. The van der Waals surface area contributed by atoms with Gasteiger partial charge in [-0.3, -0.25) is 19.2 Å². The van der Waals surface area contributed by atoms with Gasteiger partial charge in [-0.1, -0.05) is 77.8 Å². The number of ether oxygens (including phenoxy) is 2. The second-order valence-corrected chi connectivity index (χ2v) is 12.6. The number of benzene rings is 3. The molecule has 6 atom stereocenters. The van der Waals surface area contributed by atoms with Crippen molar-refractivity contribution in [3.8, 4) is 5.75 Å². The maximum Gasteiger partial charge on any atom is 0.423 e. The molecule has 0 aromatic heterocycles. The van der Waals surface area contributed by atoms with Crippen molar-refractivity contribution in [2.24, 2.45) is 23.7 Å². The minimum absolute atomic E-state index is 0.0126. The highest BCUT2D eigenvalue weighted by Crippen LogP contribution is 2.65. The number of hydrogen-bond donors (Lipinski definition) is 1. The van der Waals surface area contributed by atoms with Gasteiger partial charge in [0.25, 0.3) is 0 Å². The van der Waals surface area contributed by atoms with Crippen LogP contribution in [0.3, 0.4) is 0 Å². The van der Waals surface area contributed by atoms with Crippen LogP contribution in [0.25, 0.3) is 0 Å². The number of hydrogen-bond acceptors (Lipinski definition) is 8. The molecule has 6 unspecified atom stereocenters. The van der Waals surface area contributed by atoms with Gasteiger partial charge in [-0.25, -0.2) is 9.69 Å². The molecule has 3 fully saturated rings. The van der Waals surface area contributed by atoms with Gasteiger partial charge in [0.1, 0.15) is 12.4 Å². The molecular weight excluding hydrogens is 624 g/mol. The fourth-order valence-electron chi connectivity index (χ4n) is 8.37. The number of likely N-dealkylation sites (tertiary alicyclic amines) is 1. The van der Waals surface area contributed by atoms with Gasteiger partial charge in [-0.2, -0.15) is 4.90 Å². The molecule has 10 nitrogen and oxygen atoms in total. The number of aliphatic hydroxyl groups excluding tert-OH is 1. The molecule has 3 aromatic rings. The van der Waals surface area contributed by atoms with E-state index < -0.39 is 64.7 Å². The van der Waals surface area contributed by atoms with E-state index in [1.165, 1.54) is 4.90 Å². The Bertz CT molecular complexity index is 1840. The van der Waals surface area contributed by atoms with Crippen LogP contribution in [0.2, 0.25) is 5.02 Å². The number of halogens is 1. The zero-order valence-electron chi connectivity index (χ0n) is 25.4. The van der Waals surface area contributed by atoms with Gasteiger partial charge in [0.05, 0.1) is 42.6 Å². The van der Waals surface area contributed by atoms with Crippen molar-refractivity contribution in [3.63, 3.8) is 0 Å². The minimum atomic E-state index is -1.48. The normalized spacial score (nSPS) is 28.1. The molecule has 7 rings (SSSR count). The summed E-state index contributed by atoms with van der Waals surface area (Å²) >= 11 is 6.35. The van der Waals surface area contributed by atoms with Gasteiger partial charge in [0, 0.05) is 16.5 Å². The van der Waals surface area contributed by atoms with E-state index in [0.29, 0.717) is 38.1 Å². The zero-order chi connectivity index (χ0) is 33.0. The molecule has 4 aliphatic rings. The lowest BCUT2D eigenvalue weighted by molar-refractivity contribution is -0.138. The lowest BCUT2D eigenvalue weighted by Crippen LogP contribution is -2.53. The molecule has 1 N–H and O–H groups in total. The van der Waals surface area contributed by atoms with Gasteiger partial charge in [0.15, 0.2) is 0 Å². The number of carbonyl (C=O) groups excluding carboxylic acids is 5. The van der Waals surface area contributed by atoms with Gasteiger partial charge in [-0.15, -0.1) is 0 Å². The molecule has 1 saturated carbocycles. The largest absolute Gasteiger partial charge is 0.491 e. The number of nitrogens with zero attached hydrogens (tertiary/aromatic N) is 2. The van der Waals surface area contributed by atoms with Gasteiger partial charge >= 0.3 is 6.09 Å². The third kappa shape index (κ3) is 4.46. The highest BCUT2D eigenvalue weighted by atomic mass is 35.5. The second-order valence-electron chi connectivity index (χ2n) is 12.2. The standard InChI is InChI=1S/C36H31ClN2O8/c1-46-35(45)39-31(41)25-15-14-23-26(29(25)33(39)43)19-27-32(42)38(22-11-7-10-21(37)18-22)34(44)36(27,20-8-3-2-4-9-20)30(23)24-12-5-6-13-28(24)47-17-16-40/h2-14,18,25-27,29-30,40H,15-17,19H2,1H3. The average Bonchev–Trinajstić information content (AvgIpc) is 3.48. The number of allylic oxidation sites excluding steroid dienone is 2. The van der Waals surface area contributed by atoms with Crippen LogP contribution >= 0.6 is 11.6 Å². The fraction of sp³-hybridized carbons (Fsp3) is 0.306. The first-order chi connectivity index (χ1) is 22.7. The predicted molar refractivity (Wildman–Crippen MR) is 169 cm³/mol. The summed E-state index contributed by atoms with van der Waals surface area (Å²) in [6, 6.07) is 22.8. The summed E-state index contributed by atoms with van der Waals surface area (Å²) in [4.78, 5) is 71.7. The Balaban J connectivity index is 1.50. The summed E-state index contributed by atoms with van der Waals surface area (Å²) in [7, 11) is 1.11. The lowest BCUT2D eigenvalue weighted by Gasteiger charge is -2.51. The molecule has 5 amide bonds. The molecule has 11 heteroatoms. The number of anilines is 1. The molecule has 240 valence electrons. The summed E-state index contributed by atoms with van der Waals surface area (Å²) in [6.07, 6.45) is 1.07. The minimum Gasteiger partial charge on any atom is -0.491 e. The van der Waals surface area contributed by atoms with Crippen molar-refractivity contribution in [1.29, 1.82) is 0 Å². The van der Waals surface area contributed by atoms with Crippen LogP contribution in [0.15, 0.2) is 90.5 Å². The molecule has 2 aliphatic heterocycles. The van der Waals surface area contributed by atoms with E-state index in [1.54, 1.807) is 36.4 Å². The quantitative estimate of drug-likeness (QED) is 0.301. The van der Waals surface area contributed by atoms with Crippen molar-refractivity contribution in [2.45, 2.75) is 24.2 Å². The lowest BCUT2D eigenvalue weighted by atomic mass is 9.49. The number of fused-ring (bicyclic) bond motifs is 4. The summed E-state index contributed by atoms with van der Waals surface area (Å²) < 4.78 is 10.8. The van der Waals surface area contributed by atoms with Crippen LogP contribution in [-0.2, 0) is 29.3 Å². The first-order valence-electron chi connectivity index (χ1n) is 15.4. The van der Waals surface area contributed by atoms with Crippen LogP contribution in [0.1, 0.15) is 29.9 Å². The number of carbonyl (C=O) groups is 5. The molecule has 3 aromatic carbocycles. The number of imide groups is 4. The van der Waals surface area contributed by atoms with Crippen LogP contribution in [0.5, 0.6) is 5.75 Å².